The molecule has 5 aromatic carbocycles. The zero-order valence-corrected chi connectivity index (χ0v) is 33.1. The van der Waals surface area contributed by atoms with Crippen LogP contribution in [0.3, 0.4) is 0 Å². The molecule has 298 valence electrons. The minimum Gasteiger partial charge on any atom is -0.506 e. The van der Waals surface area contributed by atoms with Gasteiger partial charge in [0.25, 0.3) is 11.8 Å². The van der Waals surface area contributed by atoms with Gasteiger partial charge < -0.3 is 36.3 Å². The molecule has 0 saturated heterocycles. The first-order chi connectivity index (χ1) is 28.0. The average molecular weight is 800 g/mol. The van der Waals surface area contributed by atoms with Crippen molar-refractivity contribution < 1.29 is 32.6 Å². The van der Waals surface area contributed by atoms with Gasteiger partial charge in [0.2, 0.25) is 9.84 Å². The van der Waals surface area contributed by atoms with E-state index in [9.17, 15) is 23.1 Å². The van der Waals surface area contributed by atoms with Crippen molar-refractivity contribution in [3.8, 4) is 28.4 Å². The Hall–Kier alpha value is -6.44. The molecule has 0 aliphatic carbocycles. The van der Waals surface area contributed by atoms with Crippen molar-refractivity contribution in [3.05, 3.63) is 126 Å². The van der Waals surface area contributed by atoms with E-state index in [0.717, 1.165) is 55.5 Å². The van der Waals surface area contributed by atoms with E-state index in [1.54, 1.807) is 68.6 Å². The molecule has 2 amide bonds. The van der Waals surface area contributed by atoms with Gasteiger partial charge in [-0.1, -0.05) is 55.0 Å². The normalized spacial score (nSPS) is 12.4. The lowest BCUT2D eigenvalue weighted by Crippen LogP contribution is -2.26. The molecular weight excluding hydrogens is 755 g/mol. The standard InChI is InChI=1S/C45H45N5O7S/c1-28-22-36(25-37-41(28)48-26-38(45(46)53)42(37)49-33-10-7-11-34(24-33)56-2)58(54,55)35-12-6-9-32(23-35)30-15-13-29(14-16-30)8-4-3-5-20-47-21-19-31-17-18-39(51)43-44(31)57-27-40(52)50-43/h6-7,9-18,22-26,47,51H,3-5,8,19-21,27H2,1-2H3,(H2,46,53)(H,48,49)(H,50,52). The molecule has 1 aromatic heterocycles. The van der Waals surface area contributed by atoms with Crippen LogP contribution < -0.4 is 31.2 Å². The number of primary amides is 1. The van der Waals surface area contributed by atoms with E-state index in [4.69, 9.17) is 15.2 Å². The van der Waals surface area contributed by atoms with Crippen LogP contribution in [0.15, 0.2) is 113 Å². The number of nitrogens with zero attached hydrogens (tertiary/aromatic N) is 1. The Morgan fingerprint density at radius 2 is 1.72 bits per heavy atom. The van der Waals surface area contributed by atoms with Crippen LogP contribution in [0, 0.1) is 6.92 Å². The van der Waals surface area contributed by atoms with Gasteiger partial charge in [-0.2, -0.15) is 0 Å². The van der Waals surface area contributed by atoms with Gasteiger partial charge in [0, 0.05) is 23.3 Å². The molecule has 0 spiro atoms. The molecule has 0 unspecified atom stereocenters. The highest BCUT2D eigenvalue weighted by atomic mass is 32.2. The number of sulfone groups is 1. The number of anilines is 3. The number of rotatable bonds is 16. The molecule has 12 nitrogen and oxygen atoms in total. The van der Waals surface area contributed by atoms with Crippen molar-refractivity contribution in [1.29, 1.82) is 0 Å². The molecule has 0 fully saturated rings. The third-order valence-corrected chi connectivity index (χ3v) is 11.9. The fourth-order valence-electron chi connectivity index (χ4n) is 7.13. The third-order valence-electron chi connectivity index (χ3n) is 10.2. The first kappa shape index (κ1) is 39.8. The number of carbonyl (C=O) groups excluding carboxylic acids is 2. The number of carbonyl (C=O) groups is 2. The summed E-state index contributed by atoms with van der Waals surface area (Å²) in [5.41, 5.74) is 12.2. The number of methoxy groups -OCH3 is 1. The molecule has 6 N–H and O–H groups in total. The Balaban J connectivity index is 0.977. The highest BCUT2D eigenvalue weighted by molar-refractivity contribution is 7.91. The highest BCUT2D eigenvalue weighted by Crippen LogP contribution is 2.39. The maximum Gasteiger partial charge on any atom is 0.262 e. The van der Waals surface area contributed by atoms with Crippen LogP contribution in [-0.4, -0.2) is 57.1 Å². The number of nitrogens with one attached hydrogen (secondary N) is 3. The number of unbranched alkanes of at least 4 members (excludes halogenated alkanes) is 2. The Morgan fingerprint density at radius 3 is 2.52 bits per heavy atom. The maximum atomic E-state index is 14.2. The van der Waals surface area contributed by atoms with Gasteiger partial charge in [-0.15, -0.1) is 0 Å². The summed E-state index contributed by atoms with van der Waals surface area (Å²) in [7, 11) is -2.44. The largest absolute Gasteiger partial charge is 0.506 e. The van der Waals surface area contributed by atoms with Gasteiger partial charge in [-0.25, -0.2) is 8.42 Å². The average Bonchev–Trinajstić information content (AvgIpc) is 3.23. The van der Waals surface area contributed by atoms with Gasteiger partial charge in [0.1, 0.15) is 17.2 Å². The number of aromatic nitrogens is 1. The molecule has 0 radical (unpaired) electrons. The zero-order valence-electron chi connectivity index (χ0n) is 32.3. The molecule has 13 heteroatoms. The molecule has 0 saturated carbocycles. The summed E-state index contributed by atoms with van der Waals surface area (Å²) in [4.78, 5) is 28.9. The minimum absolute atomic E-state index is 0.000937. The highest BCUT2D eigenvalue weighted by Gasteiger charge is 2.24. The second kappa shape index (κ2) is 17.4. The van der Waals surface area contributed by atoms with Crippen LogP contribution in [0.25, 0.3) is 22.0 Å². The number of phenolic OH excluding ortho intramolecular Hbond substituents is 1. The number of hydrogen-bond acceptors (Lipinski definition) is 10. The lowest BCUT2D eigenvalue weighted by atomic mass is 10.0. The van der Waals surface area contributed by atoms with Crippen LogP contribution in [0.1, 0.15) is 46.3 Å². The number of amides is 2. The summed E-state index contributed by atoms with van der Waals surface area (Å²) in [5, 5.41) is 19.9. The van der Waals surface area contributed by atoms with E-state index in [1.807, 2.05) is 30.3 Å². The number of phenols is 1. The van der Waals surface area contributed by atoms with E-state index in [2.05, 4.69) is 33.1 Å². The monoisotopic (exact) mass is 799 g/mol. The van der Waals surface area contributed by atoms with E-state index in [0.29, 0.717) is 51.4 Å². The smallest absolute Gasteiger partial charge is 0.262 e. The van der Waals surface area contributed by atoms with Gasteiger partial charge in [0.05, 0.1) is 33.7 Å². The Kier molecular flexibility index (Phi) is 11.9. The number of pyridine rings is 1. The van der Waals surface area contributed by atoms with Crippen molar-refractivity contribution in [2.24, 2.45) is 5.73 Å². The number of aryl methyl sites for hydroxylation is 2. The van der Waals surface area contributed by atoms with Gasteiger partial charge in [-0.3, -0.25) is 14.6 Å². The quantitative estimate of drug-likeness (QED) is 0.0487. The van der Waals surface area contributed by atoms with Gasteiger partial charge in [-0.05, 0) is 116 Å². The molecule has 7 rings (SSSR count). The second-order valence-corrected chi connectivity index (χ2v) is 16.2. The summed E-state index contributed by atoms with van der Waals surface area (Å²) in [6.45, 7) is 3.36. The first-order valence-electron chi connectivity index (χ1n) is 19.1. The number of aromatic hydroxyl groups is 1. The molecule has 0 bridgehead atoms. The van der Waals surface area contributed by atoms with Crippen molar-refractivity contribution in [3.63, 3.8) is 0 Å². The van der Waals surface area contributed by atoms with Gasteiger partial charge in [0.15, 0.2) is 12.4 Å². The minimum atomic E-state index is -4.00. The fourth-order valence-corrected chi connectivity index (χ4v) is 8.54. The molecule has 6 aromatic rings. The summed E-state index contributed by atoms with van der Waals surface area (Å²) in [6, 6.07) is 28.8. The predicted octanol–water partition coefficient (Wildman–Crippen LogP) is 7.48. The van der Waals surface area contributed by atoms with Crippen molar-refractivity contribution in [2.75, 3.05) is 37.4 Å². The Labute approximate surface area is 337 Å². The molecule has 1 aliphatic heterocycles. The van der Waals surface area contributed by atoms with Crippen LogP contribution in [-0.2, 0) is 27.5 Å². The number of benzene rings is 5. The zero-order chi connectivity index (χ0) is 40.8. The molecule has 1 aliphatic rings. The van der Waals surface area contributed by atoms with E-state index >= 15 is 0 Å². The van der Waals surface area contributed by atoms with Gasteiger partial charge >= 0.3 is 0 Å². The number of fused-ring (bicyclic) bond motifs is 2. The number of ether oxygens (including phenoxy) is 2. The van der Waals surface area contributed by atoms with Crippen LogP contribution in [0.5, 0.6) is 17.2 Å². The summed E-state index contributed by atoms with van der Waals surface area (Å²) >= 11 is 0. The molecule has 58 heavy (non-hydrogen) atoms. The maximum absolute atomic E-state index is 14.2. The van der Waals surface area contributed by atoms with Crippen molar-refractivity contribution in [1.82, 2.24) is 10.3 Å². The third kappa shape index (κ3) is 8.75. The molecular formula is C45H45N5O7S. The van der Waals surface area contributed by atoms with Crippen molar-refractivity contribution >= 4 is 49.6 Å². The summed E-state index contributed by atoms with van der Waals surface area (Å²) < 4.78 is 39.4. The molecule has 0 atom stereocenters. The Bertz CT molecular complexity index is 2610. The summed E-state index contributed by atoms with van der Waals surface area (Å²) in [5.74, 6) is 0.158. The van der Waals surface area contributed by atoms with Crippen molar-refractivity contribution in [2.45, 2.75) is 48.8 Å². The number of nitrogens with two attached hydrogens (primary N) is 1. The van der Waals surface area contributed by atoms with E-state index < -0.39 is 15.7 Å². The fraction of sp³-hybridized carbons (Fsp3) is 0.222. The van der Waals surface area contributed by atoms with E-state index in [-0.39, 0.29) is 33.6 Å². The molecule has 2 heterocycles. The second-order valence-electron chi connectivity index (χ2n) is 14.2. The lowest BCUT2D eigenvalue weighted by Gasteiger charge is -2.21. The predicted molar refractivity (Wildman–Crippen MR) is 225 cm³/mol. The van der Waals surface area contributed by atoms with Crippen LogP contribution in [0.4, 0.5) is 17.1 Å². The van der Waals surface area contributed by atoms with Crippen LogP contribution in [0.2, 0.25) is 0 Å². The van der Waals surface area contributed by atoms with E-state index in [1.165, 1.54) is 11.8 Å². The number of hydrogen-bond donors (Lipinski definition) is 5. The SMILES string of the molecule is COc1cccc(Nc2c(C(N)=O)cnc3c(C)cc(S(=O)(=O)c4cccc(-c5ccc(CCCCCNCCc6ccc(O)c7c6OCC(=O)N7)cc5)c4)cc23)c1. The van der Waals surface area contributed by atoms with Crippen LogP contribution >= 0.6 is 0 Å². The Morgan fingerprint density at radius 1 is 0.914 bits per heavy atom. The first-order valence-corrected chi connectivity index (χ1v) is 20.6. The topological polar surface area (TPSA) is 182 Å². The summed E-state index contributed by atoms with van der Waals surface area (Å²) in [6.07, 6.45) is 6.16. The lowest BCUT2D eigenvalue weighted by molar-refractivity contribution is -0.118.